The maximum Gasteiger partial charge on any atom is 0.218 e. The zero-order chi connectivity index (χ0) is 20.8. The molecule has 3 aromatic rings. The highest BCUT2D eigenvalue weighted by molar-refractivity contribution is 9.10. The highest BCUT2D eigenvalue weighted by Crippen LogP contribution is 2.49. The van der Waals surface area contributed by atoms with Crippen molar-refractivity contribution in [3.05, 3.63) is 92.7 Å². The molecular weight excluding hydrogens is 471 g/mol. The normalized spacial score (nSPS) is 19.6. The summed E-state index contributed by atoms with van der Waals surface area (Å²) in [6.07, 6.45) is -0.0880. The Morgan fingerprint density at radius 3 is 2.70 bits per heavy atom. The van der Waals surface area contributed by atoms with Crippen molar-refractivity contribution in [2.45, 2.75) is 18.7 Å². The van der Waals surface area contributed by atoms with E-state index in [0.29, 0.717) is 17.2 Å². The predicted molar refractivity (Wildman–Crippen MR) is 118 cm³/mol. The fourth-order valence-corrected chi connectivity index (χ4v) is 4.59. The Bertz CT molecular complexity index is 1130. The van der Waals surface area contributed by atoms with Crippen LogP contribution in [-0.2, 0) is 0 Å². The Morgan fingerprint density at radius 1 is 1.17 bits per heavy atom. The van der Waals surface area contributed by atoms with E-state index in [1.54, 1.807) is 19.2 Å². The average molecular weight is 488 g/mol. The summed E-state index contributed by atoms with van der Waals surface area (Å²) in [5.74, 6) is 1.07. The van der Waals surface area contributed by atoms with Crippen LogP contribution in [0.3, 0.4) is 0 Å². The van der Waals surface area contributed by atoms with Crippen LogP contribution in [0.2, 0.25) is 5.02 Å². The van der Waals surface area contributed by atoms with E-state index in [1.165, 1.54) is 6.07 Å². The van der Waals surface area contributed by atoms with Crippen molar-refractivity contribution in [3.63, 3.8) is 0 Å². The number of ether oxygens (including phenoxy) is 2. The maximum atomic E-state index is 14.8. The van der Waals surface area contributed by atoms with Crippen LogP contribution in [0.25, 0.3) is 0 Å². The first kappa shape index (κ1) is 19.4. The molecule has 0 spiro atoms. The molecule has 30 heavy (non-hydrogen) atoms. The van der Waals surface area contributed by atoms with Crippen molar-refractivity contribution in [3.8, 4) is 11.5 Å². The largest absolute Gasteiger partial charge is 0.497 e. The standard InChI is InChI=1S/C23H17BrClFN2O2/c1-29-15-8-5-13(6-9-15)19-12-20-16-11-14(24)7-10-21(16)30-23(28(20)27-19)22-17(25)3-2-4-18(22)26/h2-11,20,23H,12H2,1H3/t20-,23-/m0/s1. The number of hydrazone groups is 1. The third kappa shape index (κ3) is 3.24. The van der Waals surface area contributed by atoms with Gasteiger partial charge in [-0.3, -0.25) is 0 Å². The quantitative estimate of drug-likeness (QED) is 0.423. The first-order chi connectivity index (χ1) is 14.5. The summed E-state index contributed by atoms with van der Waals surface area (Å²) in [6, 6.07) is 18.1. The van der Waals surface area contributed by atoms with E-state index < -0.39 is 12.0 Å². The first-order valence-electron chi connectivity index (χ1n) is 9.45. The highest BCUT2D eigenvalue weighted by atomic mass is 79.9. The number of fused-ring (bicyclic) bond motifs is 3. The van der Waals surface area contributed by atoms with Gasteiger partial charge >= 0.3 is 0 Å². The third-order valence-electron chi connectivity index (χ3n) is 5.42. The zero-order valence-corrected chi connectivity index (χ0v) is 18.3. The van der Waals surface area contributed by atoms with Gasteiger partial charge in [-0.1, -0.05) is 33.6 Å². The molecule has 0 aliphatic carbocycles. The Hall–Kier alpha value is -2.57. The fourth-order valence-electron chi connectivity index (χ4n) is 3.95. The number of halogens is 3. The van der Waals surface area contributed by atoms with Gasteiger partial charge in [0.15, 0.2) is 0 Å². The van der Waals surface area contributed by atoms with Gasteiger partial charge in [0.05, 0.1) is 29.4 Å². The molecule has 3 aromatic carbocycles. The molecule has 0 aromatic heterocycles. The average Bonchev–Trinajstić information content (AvgIpc) is 3.20. The number of hydrogen-bond acceptors (Lipinski definition) is 4. The van der Waals surface area contributed by atoms with Crippen LogP contribution in [0.5, 0.6) is 11.5 Å². The molecule has 0 bridgehead atoms. The van der Waals surface area contributed by atoms with E-state index in [4.69, 9.17) is 26.2 Å². The van der Waals surface area contributed by atoms with E-state index in [-0.39, 0.29) is 11.6 Å². The lowest BCUT2D eigenvalue weighted by Gasteiger charge is -2.38. The molecule has 2 heterocycles. The minimum absolute atomic E-state index is 0.0935. The van der Waals surface area contributed by atoms with Crippen LogP contribution in [0, 0.1) is 5.82 Å². The second-order valence-electron chi connectivity index (χ2n) is 7.16. The van der Waals surface area contributed by atoms with Crippen LogP contribution in [0.1, 0.15) is 35.4 Å². The summed E-state index contributed by atoms with van der Waals surface area (Å²) >= 11 is 9.92. The molecular formula is C23H17BrClFN2O2. The van der Waals surface area contributed by atoms with Gasteiger partial charge in [0.2, 0.25) is 6.23 Å². The van der Waals surface area contributed by atoms with Crippen LogP contribution >= 0.6 is 27.5 Å². The SMILES string of the molecule is COc1ccc(C2=NN3[C@@H](C2)c2cc(Br)ccc2O[C@H]3c2c(F)cccc2Cl)cc1. The van der Waals surface area contributed by atoms with Crippen molar-refractivity contribution < 1.29 is 13.9 Å². The van der Waals surface area contributed by atoms with Gasteiger partial charge in [-0.05, 0) is 60.2 Å². The number of rotatable bonds is 3. The number of benzene rings is 3. The van der Waals surface area contributed by atoms with Crippen LogP contribution in [-0.4, -0.2) is 17.8 Å². The second kappa shape index (κ2) is 7.60. The Labute approximate surface area is 187 Å². The molecule has 2 aliphatic heterocycles. The van der Waals surface area contributed by atoms with Gasteiger partial charge in [-0.2, -0.15) is 5.10 Å². The number of methoxy groups -OCH3 is 1. The molecule has 0 amide bonds. The van der Waals surface area contributed by atoms with E-state index in [1.807, 2.05) is 47.5 Å². The molecule has 2 aliphatic rings. The van der Waals surface area contributed by atoms with E-state index >= 15 is 0 Å². The molecule has 0 unspecified atom stereocenters. The molecule has 0 N–H and O–H groups in total. The minimum atomic E-state index is -0.756. The van der Waals surface area contributed by atoms with Gasteiger partial charge in [0.25, 0.3) is 0 Å². The van der Waals surface area contributed by atoms with Crippen molar-refractivity contribution >= 4 is 33.2 Å². The summed E-state index contributed by atoms with van der Waals surface area (Å²) in [7, 11) is 1.64. The smallest absolute Gasteiger partial charge is 0.218 e. The monoisotopic (exact) mass is 486 g/mol. The second-order valence-corrected chi connectivity index (χ2v) is 8.49. The summed E-state index contributed by atoms with van der Waals surface area (Å²) < 4.78 is 27.2. The lowest BCUT2D eigenvalue weighted by Crippen LogP contribution is -2.34. The zero-order valence-electron chi connectivity index (χ0n) is 16.0. The minimum Gasteiger partial charge on any atom is -0.497 e. The molecule has 7 heteroatoms. The third-order valence-corrected chi connectivity index (χ3v) is 6.24. The molecule has 0 saturated carbocycles. The molecule has 0 fully saturated rings. The topological polar surface area (TPSA) is 34.1 Å². The van der Waals surface area contributed by atoms with Crippen LogP contribution in [0.4, 0.5) is 4.39 Å². The summed E-state index contributed by atoms with van der Waals surface area (Å²) in [5, 5.41) is 6.98. The predicted octanol–water partition coefficient (Wildman–Crippen LogP) is 6.49. The van der Waals surface area contributed by atoms with Gasteiger partial charge in [0, 0.05) is 16.5 Å². The summed E-state index contributed by atoms with van der Waals surface area (Å²) in [5.41, 5.74) is 3.18. The Balaban J connectivity index is 1.62. The fraction of sp³-hybridized carbons (Fsp3) is 0.174. The van der Waals surface area contributed by atoms with Crippen molar-refractivity contribution in [1.82, 2.24) is 5.01 Å². The van der Waals surface area contributed by atoms with Crippen molar-refractivity contribution in [2.75, 3.05) is 7.11 Å². The van der Waals surface area contributed by atoms with Crippen molar-refractivity contribution in [1.29, 1.82) is 0 Å². The first-order valence-corrected chi connectivity index (χ1v) is 10.6. The lowest BCUT2D eigenvalue weighted by atomic mass is 9.96. The summed E-state index contributed by atoms with van der Waals surface area (Å²) in [6.45, 7) is 0. The van der Waals surface area contributed by atoms with Gasteiger partial charge in [-0.25, -0.2) is 9.40 Å². The Morgan fingerprint density at radius 2 is 1.97 bits per heavy atom. The van der Waals surface area contributed by atoms with Crippen LogP contribution in [0.15, 0.2) is 70.2 Å². The lowest BCUT2D eigenvalue weighted by molar-refractivity contribution is -0.0211. The van der Waals surface area contributed by atoms with E-state index in [9.17, 15) is 4.39 Å². The number of hydrogen-bond donors (Lipinski definition) is 0. The molecule has 4 nitrogen and oxygen atoms in total. The van der Waals surface area contributed by atoms with Gasteiger partial charge in [-0.15, -0.1) is 0 Å². The Kier molecular flexibility index (Phi) is 4.91. The van der Waals surface area contributed by atoms with Gasteiger partial charge < -0.3 is 9.47 Å². The molecule has 5 rings (SSSR count). The van der Waals surface area contributed by atoms with Crippen molar-refractivity contribution in [2.24, 2.45) is 5.10 Å². The van der Waals surface area contributed by atoms with Crippen LogP contribution < -0.4 is 9.47 Å². The van der Waals surface area contributed by atoms with E-state index in [2.05, 4.69) is 15.9 Å². The summed E-state index contributed by atoms with van der Waals surface area (Å²) in [4.78, 5) is 0. The van der Waals surface area contributed by atoms with E-state index in [0.717, 1.165) is 27.1 Å². The maximum absolute atomic E-state index is 14.8. The highest BCUT2D eigenvalue weighted by Gasteiger charge is 2.42. The molecule has 0 radical (unpaired) electrons. The molecule has 0 saturated heterocycles. The molecule has 152 valence electrons. The number of nitrogens with zero attached hydrogens (tertiary/aromatic N) is 2. The van der Waals surface area contributed by atoms with Gasteiger partial charge in [0.1, 0.15) is 17.3 Å². The molecule has 2 atom stereocenters.